The van der Waals surface area contributed by atoms with E-state index >= 15 is 0 Å². The van der Waals surface area contributed by atoms with Crippen molar-refractivity contribution in [2.24, 2.45) is 0 Å². The van der Waals surface area contributed by atoms with Crippen molar-refractivity contribution in [2.45, 2.75) is 25.0 Å². The van der Waals surface area contributed by atoms with Crippen LogP contribution in [0.25, 0.3) is 0 Å². The minimum atomic E-state index is -0.608. The Balaban J connectivity index is 1.84. The van der Waals surface area contributed by atoms with E-state index in [4.69, 9.17) is 14.2 Å². The van der Waals surface area contributed by atoms with Crippen LogP contribution in [-0.2, 0) is 0 Å². The van der Waals surface area contributed by atoms with Gasteiger partial charge in [-0.05, 0) is 25.1 Å². The minimum absolute atomic E-state index is 0.106. The highest BCUT2D eigenvalue weighted by atomic mass is 16.5. The van der Waals surface area contributed by atoms with Crippen LogP contribution in [0.3, 0.4) is 0 Å². The molecule has 0 fully saturated rings. The van der Waals surface area contributed by atoms with Gasteiger partial charge in [-0.1, -0.05) is 18.2 Å². The first-order valence-electron chi connectivity index (χ1n) is 7.44. The van der Waals surface area contributed by atoms with E-state index in [1.165, 1.54) is 0 Å². The number of ether oxygens (including phenoxy) is 3. The maximum Gasteiger partial charge on any atom is 0.142 e. The van der Waals surface area contributed by atoms with Gasteiger partial charge in [-0.2, -0.15) is 0 Å². The Bertz CT molecular complexity index is 725. The lowest BCUT2D eigenvalue weighted by Gasteiger charge is -2.41. The molecule has 1 N–H and O–H groups in total. The zero-order valence-corrected chi connectivity index (χ0v) is 12.6. The summed E-state index contributed by atoms with van der Waals surface area (Å²) in [6, 6.07) is 11.6. The van der Waals surface area contributed by atoms with E-state index in [9.17, 15) is 5.11 Å². The molecule has 4 heteroatoms. The van der Waals surface area contributed by atoms with Crippen molar-refractivity contribution in [3.63, 3.8) is 0 Å². The predicted octanol–water partition coefficient (Wildman–Crippen LogP) is 2.97. The average Bonchev–Trinajstić information content (AvgIpc) is 2.55. The Hall–Kier alpha value is -2.20. The van der Waals surface area contributed by atoms with Crippen molar-refractivity contribution in [1.29, 1.82) is 0 Å². The van der Waals surface area contributed by atoms with Crippen molar-refractivity contribution in [2.75, 3.05) is 13.7 Å². The summed E-state index contributed by atoms with van der Waals surface area (Å²) in [5, 5.41) is 10.9. The van der Waals surface area contributed by atoms with Gasteiger partial charge >= 0.3 is 0 Å². The van der Waals surface area contributed by atoms with E-state index in [1.807, 2.05) is 43.3 Å². The fraction of sp³-hybridized carbons (Fsp3) is 0.333. The highest BCUT2D eigenvalue weighted by Crippen LogP contribution is 2.50. The molecule has 0 saturated carbocycles. The fourth-order valence-corrected chi connectivity index (χ4v) is 3.49. The van der Waals surface area contributed by atoms with E-state index < -0.39 is 6.10 Å². The SMILES string of the molecule is COc1ccc2c(c1C)OC1COc3ccccc3C1C2O. The molecule has 4 rings (SSSR count). The van der Waals surface area contributed by atoms with Gasteiger partial charge in [0.05, 0.1) is 19.1 Å². The van der Waals surface area contributed by atoms with Gasteiger partial charge in [0.15, 0.2) is 0 Å². The molecule has 0 radical (unpaired) electrons. The number of benzene rings is 2. The van der Waals surface area contributed by atoms with Crippen LogP contribution >= 0.6 is 0 Å². The Morgan fingerprint density at radius 1 is 1.14 bits per heavy atom. The van der Waals surface area contributed by atoms with Crippen molar-refractivity contribution in [1.82, 2.24) is 0 Å². The van der Waals surface area contributed by atoms with Gasteiger partial charge < -0.3 is 19.3 Å². The second-order valence-corrected chi connectivity index (χ2v) is 5.79. The summed E-state index contributed by atoms with van der Waals surface area (Å²) < 4.78 is 17.3. The predicted molar refractivity (Wildman–Crippen MR) is 81.8 cm³/mol. The number of aliphatic hydroxyl groups is 1. The van der Waals surface area contributed by atoms with Gasteiger partial charge in [-0.3, -0.25) is 0 Å². The van der Waals surface area contributed by atoms with Crippen molar-refractivity contribution in [3.05, 3.63) is 53.1 Å². The molecule has 2 heterocycles. The molecule has 2 aliphatic rings. The van der Waals surface area contributed by atoms with E-state index in [2.05, 4.69) is 0 Å². The molecule has 0 bridgehead atoms. The topological polar surface area (TPSA) is 47.9 Å². The number of hydrogen-bond acceptors (Lipinski definition) is 4. The molecule has 2 aromatic carbocycles. The number of hydrogen-bond donors (Lipinski definition) is 1. The van der Waals surface area contributed by atoms with E-state index in [0.29, 0.717) is 6.61 Å². The summed E-state index contributed by atoms with van der Waals surface area (Å²) in [5.74, 6) is 2.21. The normalized spacial score (nSPS) is 25.1. The lowest BCUT2D eigenvalue weighted by atomic mass is 9.80. The molecule has 3 atom stereocenters. The molecule has 2 aromatic rings. The minimum Gasteiger partial charge on any atom is -0.496 e. The maximum atomic E-state index is 10.9. The number of fused-ring (bicyclic) bond motifs is 4. The Labute approximate surface area is 129 Å². The first-order chi connectivity index (χ1) is 10.7. The largest absolute Gasteiger partial charge is 0.496 e. The zero-order chi connectivity index (χ0) is 15.3. The molecule has 114 valence electrons. The lowest BCUT2D eigenvalue weighted by molar-refractivity contribution is 0.000917. The summed E-state index contributed by atoms with van der Waals surface area (Å²) in [5.41, 5.74) is 2.73. The van der Waals surface area contributed by atoms with Crippen LogP contribution in [0.15, 0.2) is 36.4 Å². The monoisotopic (exact) mass is 298 g/mol. The van der Waals surface area contributed by atoms with E-state index in [0.717, 1.165) is 33.9 Å². The van der Waals surface area contributed by atoms with Gasteiger partial charge in [-0.25, -0.2) is 0 Å². The summed E-state index contributed by atoms with van der Waals surface area (Å²) in [6.45, 7) is 2.39. The van der Waals surface area contributed by atoms with Gasteiger partial charge in [0.2, 0.25) is 0 Å². The highest BCUT2D eigenvalue weighted by Gasteiger charge is 2.43. The summed E-state index contributed by atoms with van der Waals surface area (Å²) in [4.78, 5) is 0. The molecule has 0 aromatic heterocycles. The maximum absolute atomic E-state index is 10.9. The van der Waals surface area contributed by atoms with Gasteiger partial charge in [0, 0.05) is 16.7 Å². The number of methoxy groups -OCH3 is 1. The van der Waals surface area contributed by atoms with Crippen LogP contribution in [0.1, 0.15) is 28.7 Å². The molecule has 0 saturated heterocycles. The number of para-hydroxylation sites is 1. The van der Waals surface area contributed by atoms with Crippen LogP contribution in [0.5, 0.6) is 17.2 Å². The van der Waals surface area contributed by atoms with Crippen LogP contribution in [0.4, 0.5) is 0 Å². The molecule has 2 aliphatic heterocycles. The zero-order valence-electron chi connectivity index (χ0n) is 12.6. The summed E-state index contributed by atoms with van der Waals surface area (Å²) >= 11 is 0. The van der Waals surface area contributed by atoms with Gasteiger partial charge in [0.25, 0.3) is 0 Å². The quantitative estimate of drug-likeness (QED) is 0.879. The third-order valence-corrected chi connectivity index (χ3v) is 4.62. The van der Waals surface area contributed by atoms with Crippen LogP contribution in [0, 0.1) is 6.92 Å². The number of aliphatic hydroxyl groups excluding tert-OH is 1. The van der Waals surface area contributed by atoms with Crippen molar-refractivity contribution >= 4 is 0 Å². The second-order valence-electron chi connectivity index (χ2n) is 5.79. The van der Waals surface area contributed by atoms with E-state index in [-0.39, 0.29) is 12.0 Å². The highest BCUT2D eigenvalue weighted by molar-refractivity contribution is 5.54. The molecule has 22 heavy (non-hydrogen) atoms. The molecule has 0 spiro atoms. The van der Waals surface area contributed by atoms with E-state index in [1.54, 1.807) is 7.11 Å². The summed E-state index contributed by atoms with van der Waals surface area (Å²) in [7, 11) is 1.64. The molecule has 3 unspecified atom stereocenters. The number of rotatable bonds is 1. The lowest BCUT2D eigenvalue weighted by Crippen LogP contribution is -2.42. The molecule has 4 nitrogen and oxygen atoms in total. The van der Waals surface area contributed by atoms with Gasteiger partial charge in [-0.15, -0.1) is 0 Å². The average molecular weight is 298 g/mol. The van der Waals surface area contributed by atoms with Crippen molar-refractivity contribution in [3.8, 4) is 17.2 Å². The fourth-order valence-electron chi connectivity index (χ4n) is 3.49. The molecular weight excluding hydrogens is 280 g/mol. The Kier molecular flexibility index (Phi) is 3.01. The smallest absolute Gasteiger partial charge is 0.142 e. The van der Waals surface area contributed by atoms with Crippen LogP contribution in [0.2, 0.25) is 0 Å². The molecule has 0 aliphatic carbocycles. The first kappa shape index (κ1) is 13.5. The Morgan fingerprint density at radius 2 is 1.95 bits per heavy atom. The molecule has 0 amide bonds. The standard InChI is InChI=1S/C18H18O4/c1-10-13(20-2)8-7-12-17(19)16-11-5-3-4-6-14(11)21-9-15(16)22-18(10)12/h3-8,15-17,19H,9H2,1-2H3. The van der Waals surface area contributed by atoms with Crippen LogP contribution in [-0.4, -0.2) is 24.9 Å². The Morgan fingerprint density at radius 3 is 2.77 bits per heavy atom. The first-order valence-corrected chi connectivity index (χ1v) is 7.44. The second kappa shape index (κ2) is 4.92. The molecular formula is C18H18O4. The van der Waals surface area contributed by atoms with Crippen LogP contribution < -0.4 is 14.2 Å². The third kappa shape index (κ3) is 1.80. The van der Waals surface area contributed by atoms with Crippen molar-refractivity contribution < 1.29 is 19.3 Å². The summed E-state index contributed by atoms with van der Waals surface area (Å²) in [6.07, 6.45) is -0.799. The third-order valence-electron chi connectivity index (χ3n) is 4.62. The van der Waals surface area contributed by atoms with Gasteiger partial charge in [0.1, 0.15) is 30.0 Å².